The lowest BCUT2D eigenvalue weighted by molar-refractivity contribution is 0.262. The van der Waals surface area contributed by atoms with E-state index in [1.54, 1.807) is 36.7 Å². The number of aryl methyl sites for hydroxylation is 1. The Morgan fingerprint density at radius 3 is 2.14 bits per heavy atom. The van der Waals surface area contributed by atoms with Crippen LogP contribution in [0.5, 0.6) is 11.6 Å². The molecular formula is C28H29N5O2. The monoisotopic (exact) mass is 467 g/mol. The van der Waals surface area contributed by atoms with Crippen molar-refractivity contribution in [3.63, 3.8) is 0 Å². The van der Waals surface area contributed by atoms with Crippen LogP contribution in [-0.4, -0.2) is 21.0 Å². The number of anilines is 2. The number of nitrogens with zero attached hydrogens (tertiary/aromatic N) is 3. The summed E-state index contributed by atoms with van der Waals surface area (Å²) in [5.74, 6) is 1.81. The standard InChI is InChI=1S/C28H29N5O2/c1-5-25-29-18-16-24(33-25)23-7-6-17-30-26(23)35-22-14-12-21(13-15-22)32-27(34)31-20-10-8-19(9-11-20)28(2,3)4/h6-18H,5H2,1-4H3,(H2,31,32,34). The second-order valence-corrected chi connectivity index (χ2v) is 9.10. The summed E-state index contributed by atoms with van der Waals surface area (Å²) in [6, 6.07) is 20.3. The first-order valence-corrected chi connectivity index (χ1v) is 11.6. The molecule has 0 aliphatic heterocycles. The van der Waals surface area contributed by atoms with E-state index in [-0.39, 0.29) is 11.4 Å². The van der Waals surface area contributed by atoms with Gasteiger partial charge in [-0.3, -0.25) is 0 Å². The van der Waals surface area contributed by atoms with Gasteiger partial charge in [-0.15, -0.1) is 0 Å². The van der Waals surface area contributed by atoms with Gasteiger partial charge < -0.3 is 15.4 Å². The van der Waals surface area contributed by atoms with Gasteiger partial charge in [0.2, 0.25) is 5.88 Å². The minimum Gasteiger partial charge on any atom is -0.438 e. The van der Waals surface area contributed by atoms with Crippen molar-refractivity contribution < 1.29 is 9.53 Å². The van der Waals surface area contributed by atoms with E-state index in [0.29, 0.717) is 17.3 Å². The summed E-state index contributed by atoms with van der Waals surface area (Å²) in [5, 5.41) is 5.69. The lowest BCUT2D eigenvalue weighted by Gasteiger charge is -2.19. The van der Waals surface area contributed by atoms with Crippen LogP contribution in [0, 0.1) is 0 Å². The zero-order chi connectivity index (χ0) is 24.8. The molecule has 0 aliphatic carbocycles. The Kier molecular flexibility index (Phi) is 7.06. The molecule has 35 heavy (non-hydrogen) atoms. The molecule has 2 N–H and O–H groups in total. The molecule has 0 bridgehead atoms. The first kappa shape index (κ1) is 23.9. The topological polar surface area (TPSA) is 89.0 Å². The largest absolute Gasteiger partial charge is 0.438 e. The van der Waals surface area contributed by atoms with E-state index in [1.807, 2.05) is 49.4 Å². The predicted octanol–water partition coefficient (Wildman–Crippen LogP) is 6.83. The summed E-state index contributed by atoms with van der Waals surface area (Å²) in [6.45, 7) is 8.48. The van der Waals surface area contributed by atoms with Crippen LogP contribution < -0.4 is 15.4 Å². The lowest BCUT2D eigenvalue weighted by atomic mass is 9.87. The second-order valence-electron chi connectivity index (χ2n) is 9.10. The number of benzene rings is 2. The maximum absolute atomic E-state index is 12.4. The van der Waals surface area contributed by atoms with Crippen LogP contribution in [0.4, 0.5) is 16.2 Å². The average Bonchev–Trinajstić information content (AvgIpc) is 2.85. The molecule has 0 unspecified atom stereocenters. The van der Waals surface area contributed by atoms with Crippen molar-refractivity contribution in [2.75, 3.05) is 10.6 Å². The molecule has 2 aromatic heterocycles. The number of hydrogen-bond acceptors (Lipinski definition) is 5. The molecule has 2 aromatic carbocycles. The van der Waals surface area contributed by atoms with Gasteiger partial charge in [0.1, 0.15) is 11.6 Å². The maximum atomic E-state index is 12.4. The minimum atomic E-state index is -0.315. The number of amides is 2. The fourth-order valence-electron chi connectivity index (χ4n) is 3.45. The van der Waals surface area contributed by atoms with Gasteiger partial charge in [0.15, 0.2) is 0 Å². The zero-order valence-corrected chi connectivity index (χ0v) is 20.4. The fraction of sp³-hybridized carbons (Fsp3) is 0.214. The Balaban J connectivity index is 1.40. The van der Waals surface area contributed by atoms with Crippen LogP contribution in [0.2, 0.25) is 0 Å². The highest BCUT2D eigenvalue weighted by molar-refractivity contribution is 5.99. The summed E-state index contributed by atoms with van der Waals surface area (Å²) >= 11 is 0. The zero-order valence-electron chi connectivity index (χ0n) is 20.4. The van der Waals surface area contributed by atoms with Gasteiger partial charge >= 0.3 is 6.03 Å². The quantitative estimate of drug-likeness (QED) is 0.324. The molecule has 2 amide bonds. The summed E-state index contributed by atoms with van der Waals surface area (Å²) < 4.78 is 6.03. The van der Waals surface area contributed by atoms with Crippen LogP contribution in [0.15, 0.2) is 79.1 Å². The van der Waals surface area contributed by atoms with Crippen molar-refractivity contribution in [1.29, 1.82) is 0 Å². The summed E-state index contributed by atoms with van der Waals surface area (Å²) in [6.07, 6.45) is 4.16. The summed E-state index contributed by atoms with van der Waals surface area (Å²) in [4.78, 5) is 25.6. The smallest absolute Gasteiger partial charge is 0.323 e. The third-order valence-corrected chi connectivity index (χ3v) is 5.40. The molecule has 0 saturated carbocycles. The molecule has 0 atom stereocenters. The molecule has 178 valence electrons. The van der Waals surface area contributed by atoms with Gasteiger partial charge in [0, 0.05) is 30.2 Å². The second kappa shape index (κ2) is 10.3. The first-order valence-electron chi connectivity index (χ1n) is 11.6. The van der Waals surface area contributed by atoms with Gasteiger partial charge in [-0.05, 0) is 65.6 Å². The first-order chi connectivity index (χ1) is 16.8. The van der Waals surface area contributed by atoms with Crippen molar-refractivity contribution in [1.82, 2.24) is 15.0 Å². The van der Waals surface area contributed by atoms with Crippen molar-refractivity contribution in [2.45, 2.75) is 39.5 Å². The third kappa shape index (κ3) is 6.20. The number of urea groups is 1. The highest BCUT2D eigenvalue weighted by Crippen LogP contribution is 2.30. The Morgan fingerprint density at radius 1 is 0.857 bits per heavy atom. The maximum Gasteiger partial charge on any atom is 0.323 e. The number of pyridine rings is 1. The Morgan fingerprint density at radius 2 is 1.51 bits per heavy atom. The van der Waals surface area contributed by atoms with Gasteiger partial charge in [0.05, 0.1) is 11.3 Å². The molecule has 0 fully saturated rings. The Hall–Kier alpha value is -4.26. The van der Waals surface area contributed by atoms with Crippen molar-refractivity contribution in [3.8, 4) is 22.9 Å². The van der Waals surface area contributed by atoms with E-state index < -0.39 is 0 Å². The number of rotatable bonds is 6. The molecule has 2 heterocycles. The molecule has 0 radical (unpaired) electrons. The van der Waals surface area contributed by atoms with E-state index >= 15 is 0 Å². The highest BCUT2D eigenvalue weighted by Gasteiger charge is 2.14. The van der Waals surface area contributed by atoms with E-state index in [0.717, 1.165) is 29.2 Å². The van der Waals surface area contributed by atoms with Crippen molar-refractivity contribution in [2.24, 2.45) is 0 Å². The van der Waals surface area contributed by atoms with E-state index in [9.17, 15) is 4.79 Å². The summed E-state index contributed by atoms with van der Waals surface area (Å²) in [5.41, 5.74) is 4.18. The van der Waals surface area contributed by atoms with Crippen molar-refractivity contribution in [3.05, 3.63) is 90.5 Å². The Bertz CT molecular complexity index is 1300. The number of nitrogens with one attached hydrogen (secondary N) is 2. The molecule has 4 rings (SSSR count). The molecule has 0 spiro atoms. The molecule has 4 aromatic rings. The molecular weight excluding hydrogens is 438 g/mol. The SMILES string of the molecule is CCc1nccc(-c2cccnc2Oc2ccc(NC(=O)Nc3ccc(C(C)(C)C)cc3)cc2)n1. The van der Waals surface area contributed by atoms with Gasteiger partial charge in [-0.2, -0.15) is 0 Å². The van der Waals surface area contributed by atoms with Crippen molar-refractivity contribution >= 4 is 17.4 Å². The van der Waals surface area contributed by atoms with Crippen LogP contribution in [0.3, 0.4) is 0 Å². The van der Waals surface area contributed by atoms with Gasteiger partial charge in [0.25, 0.3) is 0 Å². The third-order valence-electron chi connectivity index (χ3n) is 5.40. The van der Waals surface area contributed by atoms with Gasteiger partial charge in [-0.1, -0.05) is 39.8 Å². The average molecular weight is 468 g/mol. The fourth-order valence-corrected chi connectivity index (χ4v) is 3.45. The number of aromatic nitrogens is 3. The normalized spacial score (nSPS) is 11.1. The van der Waals surface area contributed by atoms with E-state index in [1.165, 1.54) is 5.56 Å². The number of carbonyl (C=O) groups is 1. The number of ether oxygens (including phenoxy) is 1. The Labute approximate surface area is 205 Å². The van der Waals surface area contributed by atoms with E-state index in [2.05, 4.69) is 46.4 Å². The number of hydrogen-bond donors (Lipinski definition) is 2. The van der Waals surface area contributed by atoms with Crippen LogP contribution in [0.1, 0.15) is 39.1 Å². The van der Waals surface area contributed by atoms with Gasteiger partial charge in [-0.25, -0.2) is 19.7 Å². The van der Waals surface area contributed by atoms with E-state index in [4.69, 9.17) is 4.74 Å². The molecule has 0 saturated heterocycles. The molecule has 7 heteroatoms. The number of carbonyl (C=O) groups excluding carboxylic acids is 1. The molecule has 7 nitrogen and oxygen atoms in total. The highest BCUT2D eigenvalue weighted by atomic mass is 16.5. The lowest BCUT2D eigenvalue weighted by Crippen LogP contribution is -2.19. The van der Waals surface area contributed by atoms with Crippen LogP contribution >= 0.6 is 0 Å². The predicted molar refractivity (Wildman–Crippen MR) is 139 cm³/mol. The van der Waals surface area contributed by atoms with Crippen LogP contribution in [0.25, 0.3) is 11.3 Å². The summed E-state index contributed by atoms with van der Waals surface area (Å²) in [7, 11) is 0. The van der Waals surface area contributed by atoms with Crippen LogP contribution in [-0.2, 0) is 11.8 Å². The molecule has 0 aliphatic rings. The minimum absolute atomic E-state index is 0.0634.